The Bertz CT molecular complexity index is 426. The summed E-state index contributed by atoms with van der Waals surface area (Å²) >= 11 is 3.74. The van der Waals surface area contributed by atoms with Crippen LogP contribution in [0.15, 0.2) is 12.1 Å². The zero-order valence-electron chi connectivity index (χ0n) is 9.81. The van der Waals surface area contributed by atoms with Crippen LogP contribution >= 0.6 is 23.1 Å². The van der Waals surface area contributed by atoms with Gasteiger partial charge in [-0.3, -0.25) is 10.1 Å². The van der Waals surface area contributed by atoms with Gasteiger partial charge in [0.2, 0.25) is 5.91 Å². The highest BCUT2D eigenvalue weighted by Gasteiger charge is 2.38. The van der Waals surface area contributed by atoms with Gasteiger partial charge < -0.3 is 4.90 Å². The van der Waals surface area contributed by atoms with E-state index in [1.165, 1.54) is 15.5 Å². The number of thioether (sulfide) groups is 1. The molecule has 1 aromatic rings. The Labute approximate surface area is 110 Å². The number of carbonyl (C=O) groups is 1. The largest absolute Gasteiger partial charge is 0.317 e. The van der Waals surface area contributed by atoms with Crippen LogP contribution in [0.1, 0.15) is 22.3 Å². The molecule has 2 saturated heterocycles. The number of carbonyl (C=O) groups excluding carboxylic acids is 1. The van der Waals surface area contributed by atoms with Crippen LogP contribution < -0.4 is 5.32 Å². The number of nitrogens with one attached hydrogen (secondary N) is 1. The van der Waals surface area contributed by atoms with Crippen molar-refractivity contribution in [1.82, 2.24) is 10.2 Å². The number of amides is 1. The molecule has 2 atom stereocenters. The van der Waals surface area contributed by atoms with Gasteiger partial charge >= 0.3 is 0 Å². The van der Waals surface area contributed by atoms with E-state index in [1.54, 1.807) is 11.3 Å². The maximum absolute atomic E-state index is 12.0. The van der Waals surface area contributed by atoms with Gasteiger partial charge in [0.05, 0.1) is 6.54 Å². The lowest BCUT2D eigenvalue weighted by Crippen LogP contribution is -2.39. The van der Waals surface area contributed by atoms with Gasteiger partial charge in [-0.05, 0) is 31.2 Å². The van der Waals surface area contributed by atoms with Gasteiger partial charge in [0.25, 0.3) is 0 Å². The van der Waals surface area contributed by atoms with Crippen LogP contribution in [0.25, 0.3) is 0 Å². The van der Waals surface area contributed by atoms with Crippen molar-refractivity contribution in [2.45, 2.75) is 25.6 Å². The molecular weight excluding hydrogens is 252 g/mol. The second-order valence-corrected chi connectivity index (χ2v) is 7.02. The molecule has 92 valence electrons. The van der Waals surface area contributed by atoms with Gasteiger partial charge in [-0.15, -0.1) is 11.3 Å². The van der Waals surface area contributed by atoms with Gasteiger partial charge in [0, 0.05) is 21.5 Å². The fourth-order valence-corrected chi connectivity index (χ4v) is 4.67. The Hall–Kier alpha value is -0.520. The lowest BCUT2D eigenvalue weighted by Gasteiger charge is -2.29. The Morgan fingerprint density at radius 1 is 1.47 bits per heavy atom. The van der Waals surface area contributed by atoms with Crippen LogP contribution in [0.3, 0.4) is 0 Å². The van der Waals surface area contributed by atoms with E-state index in [-0.39, 0.29) is 12.1 Å². The molecule has 0 aromatic carbocycles. The van der Waals surface area contributed by atoms with Crippen LogP contribution in [0.2, 0.25) is 0 Å². The maximum atomic E-state index is 12.0. The van der Waals surface area contributed by atoms with E-state index in [9.17, 15) is 4.79 Å². The third-order valence-electron chi connectivity index (χ3n) is 3.34. The lowest BCUT2D eigenvalue weighted by atomic mass is 10.2. The van der Waals surface area contributed by atoms with Crippen molar-refractivity contribution in [3.05, 3.63) is 21.9 Å². The summed E-state index contributed by atoms with van der Waals surface area (Å²) in [6, 6.07) is 4.70. The molecule has 2 fully saturated rings. The SMILES string of the molecule is Cc1ccc(C2NCC(=O)N2C2CCSC2)s1. The number of thiophene rings is 1. The zero-order valence-corrected chi connectivity index (χ0v) is 11.4. The van der Waals surface area contributed by atoms with Crippen molar-refractivity contribution in [1.29, 1.82) is 0 Å². The van der Waals surface area contributed by atoms with Crippen LogP contribution in [0.4, 0.5) is 0 Å². The van der Waals surface area contributed by atoms with Crippen LogP contribution in [0, 0.1) is 6.92 Å². The minimum Gasteiger partial charge on any atom is -0.317 e. The fraction of sp³-hybridized carbons (Fsp3) is 0.583. The van der Waals surface area contributed by atoms with Crippen LogP contribution in [-0.4, -0.2) is 34.9 Å². The van der Waals surface area contributed by atoms with Gasteiger partial charge in [-0.2, -0.15) is 11.8 Å². The summed E-state index contributed by atoms with van der Waals surface area (Å²) in [7, 11) is 0. The number of hydrogen-bond acceptors (Lipinski definition) is 4. The van der Waals surface area contributed by atoms with E-state index < -0.39 is 0 Å². The zero-order chi connectivity index (χ0) is 11.8. The summed E-state index contributed by atoms with van der Waals surface area (Å²) in [5.74, 6) is 2.53. The molecule has 0 spiro atoms. The molecule has 1 aromatic heterocycles. The third-order valence-corrected chi connectivity index (χ3v) is 5.54. The van der Waals surface area contributed by atoms with E-state index >= 15 is 0 Å². The van der Waals surface area contributed by atoms with Crippen LogP contribution in [0.5, 0.6) is 0 Å². The predicted molar refractivity (Wildman–Crippen MR) is 72.4 cm³/mol. The molecule has 3 nitrogen and oxygen atoms in total. The third kappa shape index (κ3) is 2.11. The van der Waals surface area contributed by atoms with Crippen LogP contribution in [-0.2, 0) is 4.79 Å². The molecule has 1 amide bonds. The smallest absolute Gasteiger partial charge is 0.238 e. The highest BCUT2D eigenvalue weighted by Crippen LogP contribution is 2.34. The van der Waals surface area contributed by atoms with Gasteiger partial charge in [-0.25, -0.2) is 0 Å². The number of hydrogen-bond donors (Lipinski definition) is 1. The van der Waals surface area contributed by atoms with E-state index in [4.69, 9.17) is 0 Å². The van der Waals surface area contributed by atoms with Crippen molar-refractivity contribution in [3.8, 4) is 0 Å². The second kappa shape index (κ2) is 4.63. The molecule has 17 heavy (non-hydrogen) atoms. The molecule has 3 heterocycles. The normalized spacial score (nSPS) is 29.2. The van der Waals surface area contributed by atoms with Crippen molar-refractivity contribution in [2.24, 2.45) is 0 Å². The molecule has 5 heteroatoms. The van der Waals surface area contributed by atoms with Crippen molar-refractivity contribution < 1.29 is 4.79 Å². The monoisotopic (exact) mass is 268 g/mol. The Morgan fingerprint density at radius 3 is 3.00 bits per heavy atom. The molecule has 0 aliphatic carbocycles. The lowest BCUT2D eigenvalue weighted by molar-refractivity contribution is -0.129. The molecule has 2 aliphatic heterocycles. The fourth-order valence-electron chi connectivity index (χ4n) is 2.51. The topological polar surface area (TPSA) is 32.3 Å². The summed E-state index contributed by atoms with van der Waals surface area (Å²) in [6.45, 7) is 2.60. The summed E-state index contributed by atoms with van der Waals surface area (Å²) < 4.78 is 0. The number of nitrogens with zero attached hydrogens (tertiary/aromatic N) is 1. The number of rotatable bonds is 2. The maximum Gasteiger partial charge on any atom is 0.238 e. The first kappa shape index (κ1) is 11.6. The highest BCUT2D eigenvalue weighted by molar-refractivity contribution is 7.99. The molecule has 0 radical (unpaired) electrons. The molecular formula is C12H16N2OS2. The molecule has 0 saturated carbocycles. The highest BCUT2D eigenvalue weighted by atomic mass is 32.2. The van der Waals surface area contributed by atoms with Crippen molar-refractivity contribution in [2.75, 3.05) is 18.1 Å². The molecule has 2 aliphatic rings. The molecule has 0 bridgehead atoms. The van der Waals surface area contributed by atoms with Crippen molar-refractivity contribution in [3.63, 3.8) is 0 Å². The van der Waals surface area contributed by atoms with Gasteiger partial charge in [0.1, 0.15) is 6.17 Å². The van der Waals surface area contributed by atoms with E-state index in [0.29, 0.717) is 12.6 Å². The van der Waals surface area contributed by atoms with Crippen molar-refractivity contribution >= 4 is 29.0 Å². The first-order valence-corrected chi connectivity index (χ1v) is 7.91. The second-order valence-electron chi connectivity index (χ2n) is 4.55. The number of aryl methyl sites for hydroxylation is 1. The van der Waals surface area contributed by atoms with E-state index in [0.717, 1.165) is 12.2 Å². The summed E-state index contributed by atoms with van der Waals surface area (Å²) in [4.78, 5) is 16.7. The quantitative estimate of drug-likeness (QED) is 0.890. The average Bonchev–Trinajstić information content (AvgIpc) is 2.97. The summed E-state index contributed by atoms with van der Waals surface area (Å²) in [5, 5.41) is 3.34. The standard InChI is InChI=1S/C12H16N2OS2/c1-8-2-3-10(17-8)12-13-6-11(15)14(12)9-4-5-16-7-9/h2-3,9,12-13H,4-7H2,1H3. The molecule has 3 rings (SSSR count). The Balaban J connectivity index is 1.85. The van der Waals surface area contributed by atoms with Gasteiger partial charge in [0.15, 0.2) is 0 Å². The first-order valence-electron chi connectivity index (χ1n) is 5.94. The summed E-state index contributed by atoms with van der Waals surface area (Å²) in [5.41, 5.74) is 0. The van der Waals surface area contributed by atoms with E-state index in [1.807, 2.05) is 11.8 Å². The Kier molecular flexibility index (Phi) is 3.15. The average molecular weight is 268 g/mol. The molecule has 2 unspecified atom stereocenters. The first-order chi connectivity index (χ1) is 8.25. The Morgan fingerprint density at radius 2 is 2.35 bits per heavy atom. The minimum absolute atomic E-state index is 0.116. The van der Waals surface area contributed by atoms with Gasteiger partial charge in [-0.1, -0.05) is 0 Å². The molecule has 1 N–H and O–H groups in total. The minimum atomic E-state index is 0.116. The predicted octanol–water partition coefficient (Wildman–Crippen LogP) is 1.99. The van der Waals surface area contributed by atoms with E-state index in [2.05, 4.69) is 29.3 Å². The summed E-state index contributed by atoms with van der Waals surface area (Å²) in [6.07, 6.45) is 1.25.